The molecular weight excluding hydrogens is 242 g/mol. The molecule has 0 saturated carbocycles. The number of rotatable bonds is 5. The summed E-state index contributed by atoms with van der Waals surface area (Å²) in [4.78, 5) is 11.4. The molecule has 0 spiro atoms. The van der Waals surface area contributed by atoms with Crippen LogP contribution in [0.1, 0.15) is 32.8 Å². The Morgan fingerprint density at radius 2 is 1.95 bits per heavy atom. The Morgan fingerprint density at radius 1 is 1.32 bits per heavy atom. The van der Waals surface area contributed by atoms with E-state index in [1.807, 2.05) is 30.3 Å². The van der Waals surface area contributed by atoms with Gasteiger partial charge in [0.25, 0.3) is 0 Å². The van der Waals surface area contributed by atoms with Crippen LogP contribution < -0.4 is 5.32 Å². The van der Waals surface area contributed by atoms with Crippen LogP contribution >= 0.6 is 0 Å². The fourth-order valence-electron chi connectivity index (χ4n) is 1.60. The summed E-state index contributed by atoms with van der Waals surface area (Å²) >= 11 is 0. The maximum absolute atomic E-state index is 11.4. The average molecular weight is 265 g/mol. The van der Waals surface area contributed by atoms with Gasteiger partial charge in [-0.05, 0) is 39.2 Å². The molecule has 0 heterocycles. The molecule has 0 aliphatic rings. The lowest BCUT2D eigenvalue weighted by atomic mass is 10.1. The number of aliphatic hydroxyl groups excluding tert-OH is 1. The molecule has 1 aromatic rings. The number of hydrogen-bond donors (Lipinski definition) is 2. The van der Waals surface area contributed by atoms with E-state index in [4.69, 9.17) is 4.74 Å². The summed E-state index contributed by atoms with van der Waals surface area (Å²) in [6.07, 6.45) is 0.344. The molecule has 1 aromatic carbocycles. The fourth-order valence-corrected chi connectivity index (χ4v) is 1.60. The quantitative estimate of drug-likeness (QED) is 0.860. The lowest BCUT2D eigenvalue weighted by Crippen LogP contribution is -2.37. The summed E-state index contributed by atoms with van der Waals surface area (Å²) in [6, 6.07) is 9.95. The zero-order valence-electron chi connectivity index (χ0n) is 11.8. The monoisotopic (exact) mass is 265 g/mol. The molecule has 0 radical (unpaired) electrons. The summed E-state index contributed by atoms with van der Waals surface area (Å²) < 4.78 is 5.09. The van der Waals surface area contributed by atoms with E-state index in [1.165, 1.54) is 5.56 Å². The standard InChI is InChI=1S/C15H23NO3/c1-15(2,3)19-14(18)16-11-13(17)10-9-12-7-5-4-6-8-12/h4-8,13,17H,9-11H2,1-3H3,(H,16,18)/t13-/m0/s1. The third kappa shape index (κ3) is 7.47. The lowest BCUT2D eigenvalue weighted by Gasteiger charge is -2.20. The largest absolute Gasteiger partial charge is 0.444 e. The molecule has 0 fully saturated rings. The Labute approximate surface area is 114 Å². The van der Waals surface area contributed by atoms with Crippen LogP contribution in [-0.4, -0.2) is 29.4 Å². The van der Waals surface area contributed by atoms with Crippen molar-refractivity contribution in [2.45, 2.75) is 45.3 Å². The van der Waals surface area contributed by atoms with Gasteiger partial charge in [-0.3, -0.25) is 0 Å². The molecule has 4 nitrogen and oxygen atoms in total. The number of carbonyl (C=O) groups is 1. The zero-order chi connectivity index (χ0) is 14.3. The molecule has 4 heteroatoms. The van der Waals surface area contributed by atoms with Gasteiger partial charge in [-0.1, -0.05) is 30.3 Å². The second kappa shape index (κ2) is 7.14. The second-order valence-corrected chi connectivity index (χ2v) is 5.56. The molecular formula is C15H23NO3. The van der Waals surface area contributed by atoms with Gasteiger partial charge in [0.15, 0.2) is 0 Å². The van der Waals surface area contributed by atoms with Gasteiger partial charge in [-0.15, -0.1) is 0 Å². The Kier molecular flexibility index (Phi) is 5.83. The highest BCUT2D eigenvalue weighted by molar-refractivity contribution is 5.67. The summed E-state index contributed by atoms with van der Waals surface area (Å²) in [5.41, 5.74) is 0.665. The van der Waals surface area contributed by atoms with E-state index >= 15 is 0 Å². The van der Waals surface area contributed by atoms with E-state index < -0.39 is 17.8 Å². The minimum absolute atomic E-state index is 0.210. The van der Waals surface area contributed by atoms with Gasteiger partial charge in [0.2, 0.25) is 0 Å². The molecule has 1 amide bonds. The van der Waals surface area contributed by atoms with Crippen molar-refractivity contribution < 1.29 is 14.6 Å². The number of nitrogens with one attached hydrogen (secondary N) is 1. The van der Waals surface area contributed by atoms with Crippen molar-refractivity contribution >= 4 is 6.09 Å². The number of aryl methyl sites for hydroxylation is 1. The van der Waals surface area contributed by atoms with Crippen molar-refractivity contribution in [3.8, 4) is 0 Å². The Hall–Kier alpha value is -1.55. The summed E-state index contributed by atoms with van der Waals surface area (Å²) in [5, 5.41) is 12.4. The van der Waals surface area contributed by atoms with Crippen LogP contribution in [0, 0.1) is 0 Å². The minimum atomic E-state index is -0.562. The third-order valence-electron chi connectivity index (χ3n) is 2.49. The van der Waals surface area contributed by atoms with Crippen molar-refractivity contribution in [1.29, 1.82) is 0 Å². The highest BCUT2D eigenvalue weighted by Gasteiger charge is 2.16. The highest BCUT2D eigenvalue weighted by Crippen LogP contribution is 2.07. The first-order valence-corrected chi connectivity index (χ1v) is 6.55. The normalized spacial score (nSPS) is 12.8. The molecule has 2 N–H and O–H groups in total. The van der Waals surface area contributed by atoms with Crippen LogP contribution in [0.4, 0.5) is 4.79 Å². The van der Waals surface area contributed by atoms with Crippen LogP contribution in [0.3, 0.4) is 0 Å². The van der Waals surface area contributed by atoms with Gasteiger partial charge in [0.05, 0.1) is 6.10 Å². The molecule has 0 aliphatic heterocycles. The number of amides is 1. The van der Waals surface area contributed by atoms with Crippen molar-refractivity contribution in [3.05, 3.63) is 35.9 Å². The topological polar surface area (TPSA) is 58.6 Å². The molecule has 1 atom stereocenters. The predicted molar refractivity (Wildman–Crippen MR) is 75.0 cm³/mol. The SMILES string of the molecule is CC(C)(C)OC(=O)NC[C@@H](O)CCc1ccccc1. The smallest absolute Gasteiger partial charge is 0.407 e. The van der Waals surface area contributed by atoms with Crippen molar-refractivity contribution in [2.24, 2.45) is 0 Å². The minimum Gasteiger partial charge on any atom is -0.444 e. The van der Waals surface area contributed by atoms with E-state index in [-0.39, 0.29) is 6.54 Å². The van der Waals surface area contributed by atoms with Gasteiger partial charge in [-0.25, -0.2) is 4.79 Å². The Morgan fingerprint density at radius 3 is 2.53 bits per heavy atom. The maximum atomic E-state index is 11.4. The van der Waals surface area contributed by atoms with Gasteiger partial charge >= 0.3 is 6.09 Å². The van der Waals surface area contributed by atoms with E-state index in [9.17, 15) is 9.90 Å². The van der Waals surface area contributed by atoms with Crippen LogP contribution in [-0.2, 0) is 11.2 Å². The van der Waals surface area contributed by atoms with E-state index in [2.05, 4.69) is 5.32 Å². The summed E-state index contributed by atoms with van der Waals surface area (Å²) in [6.45, 7) is 5.62. The number of aliphatic hydroxyl groups is 1. The predicted octanol–water partition coefficient (Wildman–Crippen LogP) is 2.50. The molecule has 0 aromatic heterocycles. The zero-order valence-corrected chi connectivity index (χ0v) is 11.8. The van der Waals surface area contributed by atoms with Crippen molar-refractivity contribution in [2.75, 3.05) is 6.54 Å². The molecule has 106 valence electrons. The van der Waals surface area contributed by atoms with E-state index in [1.54, 1.807) is 20.8 Å². The Balaban J connectivity index is 2.21. The van der Waals surface area contributed by atoms with Crippen LogP contribution in [0.2, 0.25) is 0 Å². The fraction of sp³-hybridized carbons (Fsp3) is 0.533. The van der Waals surface area contributed by atoms with E-state index in [0.29, 0.717) is 6.42 Å². The van der Waals surface area contributed by atoms with Crippen molar-refractivity contribution in [1.82, 2.24) is 5.32 Å². The first-order valence-electron chi connectivity index (χ1n) is 6.55. The van der Waals surface area contributed by atoms with Crippen LogP contribution in [0.15, 0.2) is 30.3 Å². The van der Waals surface area contributed by atoms with Gasteiger partial charge < -0.3 is 15.2 Å². The second-order valence-electron chi connectivity index (χ2n) is 5.56. The molecule has 19 heavy (non-hydrogen) atoms. The Bertz CT molecular complexity index is 384. The summed E-state index contributed by atoms with van der Waals surface area (Å²) in [7, 11) is 0. The first kappa shape index (κ1) is 15.5. The molecule has 0 unspecified atom stereocenters. The highest BCUT2D eigenvalue weighted by atomic mass is 16.6. The van der Waals surface area contributed by atoms with Crippen LogP contribution in [0.25, 0.3) is 0 Å². The lowest BCUT2D eigenvalue weighted by molar-refractivity contribution is 0.0489. The molecule has 0 aliphatic carbocycles. The number of ether oxygens (including phenoxy) is 1. The number of carbonyl (C=O) groups excluding carboxylic acids is 1. The molecule has 1 rings (SSSR count). The maximum Gasteiger partial charge on any atom is 0.407 e. The molecule has 0 saturated heterocycles. The molecule has 0 bridgehead atoms. The van der Waals surface area contributed by atoms with Gasteiger partial charge in [-0.2, -0.15) is 0 Å². The van der Waals surface area contributed by atoms with Gasteiger partial charge in [0, 0.05) is 6.54 Å². The first-order chi connectivity index (χ1) is 8.87. The summed E-state index contributed by atoms with van der Waals surface area (Å²) in [5.74, 6) is 0. The average Bonchev–Trinajstić information content (AvgIpc) is 2.33. The number of alkyl carbamates (subject to hydrolysis) is 1. The van der Waals surface area contributed by atoms with Crippen LogP contribution in [0.5, 0.6) is 0 Å². The van der Waals surface area contributed by atoms with E-state index in [0.717, 1.165) is 6.42 Å². The number of benzene rings is 1. The number of hydrogen-bond acceptors (Lipinski definition) is 3. The van der Waals surface area contributed by atoms with Crippen molar-refractivity contribution in [3.63, 3.8) is 0 Å². The van der Waals surface area contributed by atoms with Gasteiger partial charge in [0.1, 0.15) is 5.60 Å². The third-order valence-corrected chi connectivity index (χ3v) is 2.49.